The van der Waals surface area contributed by atoms with Crippen LogP contribution in [-0.2, 0) is 16.1 Å². The minimum atomic E-state index is -1.01. The molecule has 0 aliphatic heterocycles. The molecular formula is C15H18N2O4. The first-order valence-electron chi connectivity index (χ1n) is 6.75. The van der Waals surface area contributed by atoms with Crippen LogP contribution < -0.4 is 0 Å². The summed E-state index contributed by atoms with van der Waals surface area (Å²) in [4.78, 5) is 27.1. The molecule has 21 heavy (non-hydrogen) atoms. The summed E-state index contributed by atoms with van der Waals surface area (Å²) in [5.41, 5.74) is 1.35. The number of aromatic carboxylic acids is 1. The van der Waals surface area contributed by atoms with Crippen molar-refractivity contribution in [2.24, 2.45) is 0 Å². The second-order valence-electron chi connectivity index (χ2n) is 5.08. The highest BCUT2D eigenvalue weighted by molar-refractivity contribution is 6.01. The molecule has 112 valence electrons. The predicted octanol–water partition coefficient (Wildman–Crippen LogP) is 2.42. The van der Waals surface area contributed by atoms with E-state index >= 15 is 0 Å². The van der Waals surface area contributed by atoms with Crippen LogP contribution in [0.4, 0.5) is 0 Å². The molecule has 6 heteroatoms. The van der Waals surface area contributed by atoms with Gasteiger partial charge < -0.3 is 14.4 Å². The maximum absolute atomic E-state index is 11.3. The standard InChI is InChI=1S/C15H18N2O4/c1-9(2)14-16-13-10(15(19)20)5-4-6-11(13)17(14)8-7-12(18)21-3/h4-6,9H,7-8H2,1-3H3,(H,19,20). The Kier molecular flexibility index (Phi) is 4.26. The van der Waals surface area contributed by atoms with Gasteiger partial charge in [0, 0.05) is 12.5 Å². The summed E-state index contributed by atoms with van der Waals surface area (Å²) >= 11 is 0. The summed E-state index contributed by atoms with van der Waals surface area (Å²) in [6.45, 7) is 4.38. The SMILES string of the molecule is COC(=O)CCn1c(C(C)C)nc2c(C(=O)O)cccc21. The molecule has 2 rings (SSSR count). The maximum atomic E-state index is 11.3. The summed E-state index contributed by atoms with van der Waals surface area (Å²) in [6, 6.07) is 5.04. The van der Waals surface area contributed by atoms with E-state index in [1.165, 1.54) is 13.2 Å². The van der Waals surface area contributed by atoms with Crippen molar-refractivity contribution in [2.45, 2.75) is 32.7 Å². The van der Waals surface area contributed by atoms with Gasteiger partial charge in [-0.2, -0.15) is 0 Å². The number of para-hydroxylation sites is 1. The fourth-order valence-electron chi connectivity index (χ4n) is 2.32. The summed E-state index contributed by atoms with van der Waals surface area (Å²) in [5.74, 6) is -0.422. The van der Waals surface area contributed by atoms with Crippen molar-refractivity contribution in [3.05, 3.63) is 29.6 Å². The van der Waals surface area contributed by atoms with E-state index in [0.29, 0.717) is 12.1 Å². The molecule has 0 spiro atoms. The lowest BCUT2D eigenvalue weighted by molar-refractivity contribution is -0.140. The van der Waals surface area contributed by atoms with E-state index in [2.05, 4.69) is 9.72 Å². The van der Waals surface area contributed by atoms with Crippen LogP contribution in [0, 0.1) is 0 Å². The van der Waals surface area contributed by atoms with E-state index in [-0.39, 0.29) is 23.9 Å². The first-order chi connectivity index (χ1) is 9.95. The third-order valence-electron chi connectivity index (χ3n) is 3.32. The van der Waals surface area contributed by atoms with Gasteiger partial charge >= 0.3 is 11.9 Å². The number of nitrogens with zero attached hydrogens (tertiary/aromatic N) is 2. The van der Waals surface area contributed by atoms with Gasteiger partial charge in [-0.3, -0.25) is 4.79 Å². The fourth-order valence-corrected chi connectivity index (χ4v) is 2.32. The zero-order valence-electron chi connectivity index (χ0n) is 12.3. The van der Waals surface area contributed by atoms with Crippen LogP contribution in [0.1, 0.15) is 42.4 Å². The van der Waals surface area contributed by atoms with Crippen molar-refractivity contribution in [3.8, 4) is 0 Å². The number of fused-ring (bicyclic) bond motifs is 1. The first kappa shape index (κ1) is 15.0. The molecule has 6 nitrogen and oxygen atoms in total. The third kappa shape index (κ3) is 2.89. The number of rotatable bonds is 5. The van der Waals surface area contributed by atoms with Gasteiger partial charge in [0.2, 0.25) is 0 Å². The average Bonchev–Trinajstić information content (AvgIpc) is 2.83. The smallest absolute Gasteiger partial charge is 0.337 e. The molecule has 1 N–H and O–H groups in total. The highest BCUT2D eigenvalue weighted by Crippen LogP contribution is 2.25. The van der Waals surface area contributed by atoms with Crippen LogP contribution in [0.5, 0.6) is 0 Å². The average molecular weight is 290 g/mol. The molecule has 0 radical (unpaired) electrons. The van der Waals surface area contributed by atoms with Crippen molar-refractivity contribution in [3.63, 3.8) is 0 Å². The van der Waals surface area contributed by atoms with Gasteiger partial charge in [-0.1, -0.05) is 19.9 Å². The fraction of sp³-hybridized carbons (Fsp3) is 0.400. The number of hydrogen-bond donors (Lipinski definition) is 1. The summed E-state index contributed by atoms with van der Waals surface area (Å²) < 4.78 is 6.55. The Morgan fingerprint density at radius 2 is 2.10 bits per heavy atom. The van der Waals surface area contributed by atoms with E-state index in [4.69, 9.17) is 0 Å². The topological polar surface area (TPSA) is 81.4 Å². The van der Waals surface area contributed by atoms with Crippen LogP contribution in [0.2, 0.25) is 0 Å². The maximum Gasteiger partial charge on any atom is 0.337 e. The lowest BCUT2D eigenvalue weighted by atomic mass is 10.2. The number of aromatic nitrogens is 2. The van der Waals surface area contributed by atoms with E-state index in [9.17, 15) is 14.7 Å². The highest BCUT2D eigenvalue weighted by Gasteiger charge is 2.19. The molecule has 0 saturated carbocycles. The van der Waals surface area contributed by atoms with Crippen molar-refractivity contribution in [2.75, 3.05) is 7.11 Å². The molecular weight excluding hydrogens is 272 g/mol. The number of carboxylic acid groups (broad SMARTS) is 1. The van der Waals surface area contributed by atoms with Gasteiger partial charge in [-0.05, 0) is 12.1 Å². The third-order valence-corrected chi connectivity index (χ3v) is 3.32. The number of ether oxygens (including phenoxy) is 1. The molecule has 0 saturated heterocycles. The Labute approximate surface area is 122 Å². The summed E-state index contributed by atoms with van der Waals surface area (Å²) in [6.07, 6.45) is 0.221. The largest absolute Gasteiger partial charge is 0.478 e. The quantitative estimate of drug-likeness (QED) is 0.855. The van der Waals surface area contributed by atoms with E-state index in [1.54, 1.807) is 6.07 Å². The first-order valence-corrected chi connectivity index (χ1v) is 6.75. The monoisotopic (exact) mass is 290 g/mol. The van der Waals surface area contributed by atoms with Gasteiger partial charge in [0.25, 0.3) is 0 Å². The Morgan fingerprint density at radius 1 is 1.38 bits per heavy atom. The van der Waals surface area contributed by atoms with Crippen molar-refractivity contribution < 1.29 is 19.4 Å². The van der Waals surface area contributed by atoms with Crippen molar-refractivity contribution in [1.29, 1.82) is 0 Å². The number of imidazole rings is 1. The second kappa shape index (κ2) is 5.95. The number of carboxylic acids is 1. The molecule has 1 aromatic heterocycles. The van der Waals surface area contributed by atoms with Gasteiger partial charge in [0.1, 0.15) is 11.3 Å². The number of carbonyl (C=O) groups excluding carboxylic acids is 1. The molecule has 1 aromatic carbocycles. The molecule has 0 aliphatic carbocycles. The number of methoxy groups -OCH3 is 1. The predicted molar refractivity (Wildman–Crippen MR) is 77.4 cm³/mol. The van der Waals surface area contributed by atoms with Crippen LogP contribution >= 0.6 is 0 Å². The Bertz CT molecular complexity index is 688. The van der Waals surface area contributed by atoms with Gasteiger partial charge in [-0.15, -0.1) is 0 Å². The Hall–Kier alpha value is -2.37. The molecule has 0 amide bonds. The van der Waals surface area contributed by atoms with E-state index in [1.807, 2.05) is 24.5 Å². The molecule has 0 bridgehead atoms. The lowest BCUT2D eigenvalue weighted by Crippen LogP contribution is -2.10. The number of carbonyl (C=O) groups is 2. The number of esters is 1. The van der Waals surface area contributed by atoms with Crippen LogP contribution in [0.3, 0.4) is 0 Å². The summed E-state index contributed by atoms with van der Waals surface area (Å²) in [5, 5.41) is 9.25. The van der Waals surface area contributed by atoms with E-state index in [0.717, 1.165) is 11.3 Å². The van der Waals surface area contributed by atoms with Gasteiger partial charge in [-0.25, -0.2) is 9.78 Å². The zero-order valence-corrected chi connectivity index (χ0v) is 12.3. The number of aryl methyl sites for hydroxylation is 1. The van der Waals surface area contributed by atoms with Crippen LogP contribution in [0.15, 0.2) is 18.2 Å². The van der Waals surface area contributed by atoms with Crippen LogP contribution in [-0.4, -0.2) is 33.7 Å². The number of hydrogen-bond acceptors (Lipinski definition) is 4. The Balaban J connectivity index is 2.55. The molecule has 0 unspecified atom stereocenters. The molecule has 1 heterocycles. The minimum Gasteiger partial charge on any atom is -0.478 e. The van der Waals surface area contributed by atoms with Crippen LogP contribution in [0.25, 0.3) is 11.0 Å². The number of benzene rings is 1. The normalized spacial score (nSPS) is 11.0. The molecule has 2 aromatic rings. The second-order valence-corrected chi connectivity index (χ2v) is 5.08. The Morgan fingerprint density at radius 3 is 2.67 bits per heavy atom. The molecule has 0 aliphatic rings. The van der Waals surface area contributed by atoms with Gasteiger partial charge in [0.15, 0.2) is 0 Å². The van der Waals surface area contributed by atoms with E-state index < -0.39 is 5.97 Å². The zero-order chi connectivity index (χ0) is 15.6. The highest BCUT2D eigenvalue weighted by atomic mass is 16.5. The minimum absolute atomic E-state index is 0.122. The summed E-state index contributed by atoms with van der Waals surface area (Å²) in [7, 11) is 1.35. The van der Waals surface area contributed by atoms with Crippen molar-refractivity contribution in [1.82, 2.24) is 9.55 Å². The van der Waals surface area contributed by atoms with Gasteiger partial charge in [0.05, 0.1) is 24.6 Å². The molecule has 0 atom stereocenters. The lowest BCUT2D eigenvalue weighted by Gasteiger charge is -2.10. The molecule has 0 fully saturated rings. The van der Waals surface area contributed by atoms with Crippen molar-refractivity contribution >= 4 is 23.0 Å².